The van der Waals surface area contributed by atoms with E-state index in [1.807, 2.05) is 18.2 Å². The molecule has 7 aromatic rings. The van der Waals surface area contributed by atoms with Gasteiger partial charge in [-0.25, -0.2) is 0 Å². The second-order valence-electron chi connectivity index (χ2n) is 8.63. The van der Waals surface area contributed by atoms with Crippen LogP contribution in [0.25, 0.3) is 60.0 Å². The van der Waals surface area contributed by atoms with E-state index in [1.165, 1.54) is 54.4 Å². The van der Waals surface area contributed by atoms with Crippen molar-refractivity contribution in [1.29, 1.82) is 5.26 Å². The molecule has 2 nitrogen and oxygen atoms in total. The van der Waals surface area contributed by atoms with Gasteiger partial charge in [0.15, 0.2) is 0 Å². The first kappa shape index (κ1) is 17.3. The monoisotopic (exact) mass is 406 g/mol. The van der Waals surface area contributed by atoms with Crippen LogP contribution in [0.2, 0.25) is 0 Å². The maximum absolute atomic E-state index is 9.47. The minimum atomic E-state index is 0.691. The molecule has 2 aromatic heterocycles. The van der Waals surface area contributed by atoms with Crippen LogP contribution in [0.4, 0.5) is 0 Å². The van der Waals surface area contributed by atoms with Crippen molar-refractivity contribution < 1.29 is 0 Å². The highest BCUT2D eigenvalue weighted by Gasteiger charge is 2.19. The van der Waals surface area contributed by atoms with Crippen molar-refractivity contribution in [1.82, 2.24) is 4.40 Å². The van der Waals surface area contributed by atoms with Gasteiger partial charge in [0.1, 0.15) is 0 Å². The van der Waals surface area contributed by atoms with Crippen LogP contribution in [0, 0.1) is 18.3 Å². The number of hydrogen-bond donors (Lipinski definition) is 0. The molecule has 2 heteroatoms. The molecule has 0 saturated heterocycles. The SMILES string of the molecule is Cc1ccc(C#N)cc1-c1cc2c3ccccc3n3c4cc5ccccc5cc4c(c1)c23. The predicted molar refractivity (Wildman–Crippen MR) is 133 cm³/mol. The highest BCUT2D eigenvalue weighted by molar-refractivity contribution is 6.25. The lowest BCUT2D eigenvalue weighted by Crippen LogP contribution is -1.86. The van der Waals surface area contributed by atoms with Gasteiger partial charge in [-0.2, -0.15) is 5.26 Å². The standard InChI is InChI=1S/C30H18N2/c1-18-10-11-19(17-31)12-24(18)22-14-26-23-8-4-5-9-28(23)32-29-16-21-7-3-2-6-20(21)13-25(29)27(15-22)30(26)32/h2-16H,1H3. The Balaban J connectivity index is 1.73. The number of nitriles is 1. The van der Waals surface area contributed by atoms with Crippen molar-refractivity contribution in [2.45, 2.75) is 6.92 Å². The molecule has 0 aliphatic carbocycles. The first-order chi connectivity index (χ1) is 15.7. The van der Waals surface area contributed by atoms with Crippen LogP contribution in [-0.4, -0.2) is 4.40 Å². The fourth-order valence-corrected chi connectivity index (χ4v) is 5.34. The summed E-state index contributed by atoms with van der Waals surface area (Å²) in [5.41, 5.74) is 7.89. The molecule has 7 rings (SSSR count). The van der Waals surface area contributed by atoms with E-state index < -0.39 is 0 Å². The summed E-state index contributed by atoms with van der Waals surface area (Å²) in [7, 11) is 0. The van der Waals surface area contributed by atoms with E-state index in [1.54, 1.807) is 0 Å². The molecule has 0 saturated carbocycles. The zero-order chi connectivity index (χ0) is 21.4. The number of hydrogen-bond acceptors (Lipinski definition) is 1. The van der Waals surface area contributed by atoms with Crippen LogP contribution < -0.4 is 0 Å². The van der Waals surface area contributed by atoms with E-state index in [-0.39, 0.29) is 0 Å². The Morgan fingerprint density at radius 1 is 0.656 bits per heavy atom. The van der Waals surface area contributed by atoms with Gasteiger partial charge in [0, 0.05) is 21.5 Å². The van der Waals surface area contributed by atoms with Crippen LogP contribution >= 0.6 is 0 Å². The summed E-state index contributed by atoms with van der Waals surface area (Å²) < 4.78 is 2.42. The van der Waals surface area contributed by atoms with E-state index in [0.29, 0.717) is 5.56 Å². The summed E-state index contributed by atoms with van der Waals surface area (Å²) in [6.45, 7) is 2.12. The lowest BCUT2D eigenvalue weighted by atomic mass is 9.95. The quantitative estimate of drug-likeness (QED) is 0.273. The molecule has 0 bridgehead atoms. The third-order valence-corrected chi connectivity index (χ3v) is 6.84. The summed E-state index contributed by atoms with van der Waals surface area (Å²) in [6.07, 6.45) is 0. The van der Waals surface area contributed by atoms with E-state index in [0.717, 1.165) is 11.1 Å². The van der Waals surface area contributed by atoms with Gasteiger partial charge in [-0.3, -0.25) is 0 Å². The third kappa shape index (κ3) is 2.18. The number of benzene rings is 5. The molecule has 32 heavy (non-hydrogen) atoms. The predicted octanol–water partition coefficient (Wildman–Crippen LogP) is 7.84. The van der Waals surface area contributed by atoms with Gasteiger partial charge in [0.2, 0.25) is 0 Å². The van der Waals surface area contributed by atoms with Gasteiger partial charge >= 0.3 is 0 Å². The van der Waals surface area contributed by atoms with Crippen molar-refractivity contribution in [3.05, 3.63) is 102 Å². The van der Waals surface area contributed by atoms with Gasteiger partial charge < -0.3 is 4.40 Å². The summed E-state index contributed by atoms with van der Waals surface area (Å²) in [5.74, 6) is 0. The van der Waals surface area contributed by atoms with Gasteiger partial charge in [0.05, 0.1) is 28.2 Å². The molecule has 0 radical (unpaired) electrons. The minimum absolute atomic E-state index is 0.691. The molecule has 2 heterocycles. The third-order valence-electron chi connectivity index (χ3n) is 6.84. The van der Waals surface area contributed by atoms with Crippen LogP contribution in [0.5, 0.6) is 0 Å². The Labute approximate surface area is 184 Å². The molecule has 5 aromatic carbocycles. The van der Waals surface area contributed by atoms with Gasteiger partial charge in [-0.1, -0.05) is 48.5 Å². The minimum Gasteiger partial charge on any atom is -0.308 e. The second kappa shape index (κ2) is 6.09. The normalized spacial score (nSPS) is 11.9. The van der Waals surface area contributed by atoms with E-state index in [4.69, 9.17) is 0 Å². The Morgan fingerprint density at radius 2 is 1.38 bits per heavy atom. The molecule has 0 amide bonds. The first-order valence-corrected chi connectivity index (χ1v) is 10.8. The number of aromatic nitrogens is 1. The summed E-state index contributed by atoms with van der Waals surface area (Å²) >= 11 is 0. The zero-order valence-corrected chi connectivity index (χ0v) is 17.6. The van der Waals surface area contributed by atoms with Crippen LogP contribution in [0.3, 0.4) is 0 Å². The van der Waals surface area contributed by atoms with Gasteiger partial charge in [0.25, 0.3) is 0 Å². The molecule has 0 fully saturated rings. The van der Waals surface area contributed by atoms with Crippen LogP contribution in [0.15, 0.2) is 91.0 Å². The molecule has 0 aliphatic heterocycles. The maximum atomic E-state index is 9.47. The largest absolute Gasteiger partial charge is 0.308 e. The molecular weight excluding hydrogens is 388 g/mol. The van der Waals surface area contributed by atoms with Crippen molar-refractivity contribution in [2.24, 2.45) is 0 Å². The molecule has 0 unspecified atom stereocenters. The molecule has 0 aliphatic rings. The Bertz CT molecular complexity index is 1900. The molecule has 0 N–H and O–H groups in total. The summed E-state index contributed by atoms with van der Waals surface area (Å²) in [6, 6.07) is 34.7. The Kier molecular flexibility index (Phi) is 3.30. The van der Waals surface area contributed by atoms with Crippen molar-refractivity contribution in [3.8, 4) is 17.2 Å². The maximum Gasteiger partial charge on any atom is 0.0991 e. The van der Waals surface area contributed by atoms with E-state index >= 15 is 0 Å². The van der Waals surface area contributed by atoms with Crippen LogP contribution in [0.1, 0.15) is 11.1 Å². The smallest absolute Gasteiger partial charge is 0.0991 e. The van der Waals surface area contributed by atoms with Crippen molar-refractivity contribution in [2.75, 3.05) is 0 Å². The van der Waals surface area contributed by atoms with E-state index in [9.17, 15) is 5.26 Å². The number of rotatable bonds is 1. The Morgan fingerprint density at radius 3 is 2.19 bits per heavy atom. The summed E-state index contributed by atoms with van der Waals surface area (Å²) in [5, 5.41) is 17.0. The lowest BCUT2D eigenvalue weighted by molar-refractivity contribution is 1.37. The van der Waals surface area contributed by atoms with Gasteiger partial charge in [-0.15, -0.1) is 0 Å². The zero-order valence-electron chi connectivity index (χ0n) is 17.6. The van der Waals surface area contributed by atoms with Crippen molar-refractivity contribution in [3.63, 3.8) is 0 Å². The lowest BCUT2D eigenvalue weighted by Gasteiger charge is -2.08. The fraction of sp³-hybridized carbons (Fsp3) is 0.0333. The Hall–Kier alpha value is -4.35. The number of nitrogens with zero attached hydrogens (tertiary/aromatic N) is 2. The molecular formula is C30H18N2. The average Bonchev–Trinajstić information content (AvgIpc) is 3.34. The first-order valence-electron chi connectivity index (χ1n) is 10.8. The number of fused-ring (bicyclic) bond motifs is 7. The highest BCUT2D eigenvalue weighted by Crippen LogP contribution is 2.43. The van der Waals surface area contributed by atoms with Crippen molar-refractivity contribution >= 4 is 48.9 Å². The molecule has 0 spiro atoms. The fourth-order valence-electron chi connectivity index (χ4n) is 5.34. The van der Waals surface area contributed by atoms with Crippen LogP contribution in [-0.2, 0) is 0 Å². The highest BCUT2D eigenvalue weighted by atomic mass is 14.9. The summed E-state index contributed by atoms with van der Waals surface area (Å²) in [4.78, 5) is 0. The molecule has 0 atom stereocenters. The van der Waals surface area contributed by atoms with Gasteiger partial charge in [-0.05, 0) is 76.9 Å². The molecule has 148 valence electrons. The number of para-hydroxylation sites is 1. The number of aryl methyl sites for hydroxylation is 1. The topological polar surface area (TPSA) is 28.2 Å². The van der Waals surface area contributed by atoms with E-state index in [2.05, 4.69) is 90.2 Å². The second-order valence-corrected chi connectivity index (χ2v) is 8.63. The average molecular weight is 406 g/mol.